The second kappa shape index (κ2) is 4.51. The Hall–Kier alpha value is -0.960. The van der Waals surface area contributed by atoms with E-state index in [1.165, 1.54) is 6.92 Å². The van der Waals surface area contributed by atoms with Crippen molar-refractivity contribution in [2.24, 2.45) is 0 Å². The first-order valence-electron chi connectivity index (χ1n) is 4.69. The van der Waals surface area contributed by atoms with Gasteiger partial charge in [0.1, 0.15) is 11.6 Å². The van der Waals surface area contributed by atoms with Crippen LogP contribution >= 0.6 is 0 Å². The molecule has 1 unspecified atom stereocenters. The van der Waals surface area contributed by atoms with Gasteiger partial charge in [0.2, 0.25) is 0 Å². The Morgan fingerprint density at radius 1 is 1.29 bits per heavy atom. The number of aliphatic hydroxyl groups excluding tert-OH is 1. The zero-order valence-corrected chi connectivity index (χ0v) is 8.35. The third kappa shape index (κ3) is 2.29. The smallest absolute Gasteiger partial charge is 0.129 e. The molecule has 0 saturated heterocycles. The second-order valence-electron chi connectivity index (χ2n) is 3.43. The van der Waals surface area contributed by atoms with Crippen molar-refractivity contribution < 1.29 is 13.9 Å². The highest BCUT2D eigenvalue weighted by atomic mass is 19.1. The van der Waals surface area contributed by atoms with Crippen LogP contribution in [0.4, 0.5) is 8.78 Å². The minimum atomic E-state index is -0.907. The van der Waals surface area contributed by atoms with Gasteiger partial charge in [-0.25, -0.2) is 8.78 Å². The highest BCUT2D eigenvalue weighted by Crippen LogP contribution is 2.23. The summed E-state index contributed by atoms with van der Waals surface area (Å²) in [6.45, 7) is 3.38. The maximum absolute atomic E-state index is 13.3. The summed E-state index contributed by atoms with van der Waals surface area (Å²) in [5, 5.41) is 9.51. The van der Waals surface area contributed by atoms with Gasteiger partial charge in [0, 0.05) is 5.56 Å². The van der Waals surface area contributed by atoms with E-state index in [9.17, 15) is 13.9 Å². The largest absolute Gasteiger partial charge is 0.388 e. The maximum atomic E-state index is 13.3. The Morgan fingerprint density at radius 3 is 2.50 bits per heavy atom. The molecule has 1 aromatic rings. The monoisotopic (exact) mass is 200 g/mol. The molecule has 1 N–H and O–H groups in total. The molecule has 14 heavy (non-hydrogen) atoms. The number of aryl methyl sites for hydroxylation is 1. The topological polar surface area (TPSA) is 20.2 Å². The first kappa shape index (κ1) is 11.1. The van der Waals surface area contributed by atoms with E-state index in [0.717, 1.165) is 18.6 Å². The van der Waals surface area contributed by atoms with Gasteiger partial charge in [-0.3, -0.25) is 0 Å². The molecule has 1 nitrogen and oxygen atoms in total. The van der Waals surface area contributed by atoms with Gasteiger partial charge in [0.05, 0.1) is 6.10 Å². The molecule has 1 aromatic carbocycles. The number of benzene rings is 1. The van der Waals surface area contributed by atoms with Crippen LogP contribution < -0.4 is 0 Å². The normalized spacial score (nSPS) is 12.9. The van der Waals surface area contributed by atoms with Gasteiger partial charge < -0.3 is 5.11 Å². The Bertz CT molecular complexity index is 323. The van der Waals surface area contributed by atoms with Crippen LogP contribution in [0.2, 0.25) is 0 Å². The third-order valence-corrected chi connectivity index (χ3v) is 2.20. The van der Waals surface area contributed by atoms with Crippen LogP contribution in [0.3, 0.4) is 0 Å². The minimum absolute atomic E-state index is 0.0509. The van der Waals surface area contributed by atoms with Crippen LogP contribution in [0.25, 0.3) is 0 Å². The zero-order valence-electron chi connectivity index (χ0n) is 8.35. The maximum Gasteiger partial charge on any atom is 0.129 e. The summed E-state index contributed by atoms with van der Waals surface area (Å²) in [7, 11) is 0. The molecule has 0 amide bonds. The summed E-state index contributed by atoms with van der Waals surface area (Å²) in [6.07, 6.45) is 0.269. The van der Waals surface area contributed by atoms with Gasteiger partial charge in [0.25, 0.3) is 0 Å². The van der Waals surface area contributed by atoms with Crippen molar-refractivity contribution in [3.05, 3.63) is 34.9 Å². The van der Waals surface area contributed by atoms with Gasteiger partial charge in [-0.2, -0.15) is 0 Å². The summed E-state index contributed by atoms with van der Waals surface area (Å²) >= 11 is 0. The van der Waals surface area contributed by atoms with Crippen molar-refractivity contribution >= 4 is 0 Å². The van der Waals surface area contributed by atoms with Crippen molar-refractivity contribution in [2.75, 3.05) is 0 Å². The molecule has 0 saturated carbocycles. The van der Waals surface area contributed by atoms with Crippen LogP contribution in [0.5, 0.6) is 0 Å². The second-order valence-corrected chi connectivity index (χ2v) is 3.43. The molecule has 0 aliphatic carbocycles. The Labute approximate surface area is 82.4 Å². The molecule has 3 heteroatoms. The fraction of sp³-hybridized carbons (Fsp3) is 0.455. The van der Waals surface area contributed by atoms with Crippen molar-refractivity contribution in [3.8, 4) is 0 Å². The minimum Gasteiger partial charge on any atom is -0.388 e. The summed E-state index contributed by atoms with van der Waals surface area (Å²) in [5.74, 6) is -1.01. The van der Waals surface area contributed by atoms with Crippen LogP contribution in [-0.2, 0) is 0 Å². The molecule has 0 aliphatic heterocycles. The number of hydrogen-bond donors (Lipinski definition) is 1. The molecule has 0 aromatic heterocycles. The molecular formula is C11H14F2O. The number of halogens is 2. The highest BCUT2D eigenvalue weighted by Gasteiger charge is 2.14. The third-order valence-electron chi connectivity index (χ3n) is 2.20. The Morgan fingerprint density at radius 2 is 1.93 bits per heavy atom. The molecule has 78 valence electrons. The SMILES string of the molecule is CCCC(O)c1cc(F)c(C)cc1F. The molecule has 0 spiro atoms. The summed E-state index contributed by atoms with van der Waals surface area (Å²) in [6, 6.07) is 2.19. The van der Waals surface area contributed by atoms with E-state index in [0.29, 0.717) is 6.42 Å². The van der Waals surface area contributed by atoms with Crippen LogP contribution in [-0.4, -0.2) is 5.11 Å². The van der Waals surface area contributed by atoms with Gasteiger partial charge in [0.15, 0.2) is 0 Å². The fourth-order valence-corrected chi connectivity index (χ4v) is 1.35. The number of rotatable bonds is 3. The zero-order chi connectivity index (χ0) is 10.7. The lowest BCUT2D eigenvalue weighted by molar-refractivity contribution is 0.161. The first-order valence-corrected chi connectivity index (χ1v) is 4.69. The summed E-state index contributed by atoms with van der Waals surface area (Å²) in [4.78, 5) is 0. The lowest BCUT2D eigenvalue weighted by Crippen LogP contribution is -2.02. The molecule has 0 aliphatic rings. The Balaban J connectivity index is 3.02. The molecular weight excluding hydrogens is 186 g/mol. The molecule has 1 atom stereocenters. The lowest BCUT2D eigenvalue weighted by atomic mass is 10.0. The van der Waals surface area contributed by atoms with E-state index in [1.54, 1.807) is 0 Å². The quantitative estimate of drug-likeness (QED) is 0.794. The van der Waals surface area contributed by atoms with Crippen molar-refractivity contribution in [2.45, 2.75) is 32.8 Å². The van der Waals surface area contributed by atoms with Gasteiger partial charge in [-0.1, -0.05) is 13.3 Å². The standard InChI is InChI=1S/C11H14F2O/c1-3-4-11(14)8-6-9(12)7(2)5-10(8)13/h5-6,11,14H,3-4H2,1-2H3. The van der Waals surface area contributed by atoms with Gasteiger partial charge in [-0.05, 0) is 31.0 Å². The van der Waals surface area contributed by atoms with E-state index < -0.39 is 17.7 Å². The number of aliphatic hydroxyl groups is 1. The fourth-order valence-electron chi connectivity index (χ4n) is 1.35. The molecule has 1 rings (SSSR count). The van der Waals surface area contributed by atoms with Crippen molar-refractivity contribution in [3.63, 3.8) is 0 Å². The van der Waals surface area contributed by atoms with Crippen LogP contribution in [0, 0.1) is 18.6 Å². The van der Waals surface area contributed by atoms with Gasteiger partial charge in [-0.15, -0.1) is 0 Å². The van der Waals surface area contributed by atoms with Crippen molar-refractivity contribution in [1.29, 1.82) is 0 Å². The predicted molar refractivity (Wildman–Crippen MR) is 51.0 cm³/mol. The molecule has 0 bridgehead atoms. The molecule has 0 radical (unpaired) electrons. The average Bonchev–Trinajstić information content (AvgIpc) is 2.11. The van der Waals surface area contributed by atoms with E-state index >= 15 is 0 Å². The Kier molecular flexibility index (Phi) is 3.58. The highest BCUT2D eigenvalue weighted by molar-refractivity contribution is 5.26. The van der Waals surface area contributed by atoms with E-state index in [-0.39, 0.29) is 11.1 Å². The van der Waals surface area contributed by atoms with E-state index in [1.807, 2.05) is 6.92 Å². The van der Waals surface area contributed by atoms with Crippen molar-refractivity contribution in [1.82, 2.24) is 0 Å². The summed E-state index contributed by atoms with van der Waals surface area (Å²) in [5.41, 5.74) is 0.310. The van der Waals surface area contributed by atoms with Gasteiger partial charge >= 0.3 is 0 Å². The van der Waals surface area contributed by atoms with Crippen LogP contribution in [0.15, 0.2) is 12.1 Å². The lowest BCUT2D eigenvalue weighted by Gasteiger charge is -2.11. The molecule has 0 fully saturated rings. The van der Waals surface area contributed by atoms with E-state index in [4.69, 9.17) is 0 Å². The average molecular weight is 200 g/mol. The van der Waals surface area contributed by atoms with E-state index in [2.05, 4.69) is 0 Å². The summed E-state index contributed by atoms with van der Waals surface area (Å²) < 4.78 is 26.4. The van der Waals surface area contributed by atoms with Crippen LogP contribution in [0.1, 0.15) is 37.0 Å². The molecule has 0 heterocycles. The predicted octanol–water partition coefficient (Wildman–Crippen LogP) is 3.11. The number of hydrogen-bond acceptors (Lipinski definition) is 1. The first-order chi connectivity index (χ1) is 6.56.